The highest BCUT2D eigenvalue weighted by atomic mass is 19.3. The molecular weight excluding hydrogens is 330 g/mol. The number of ether oxygens (including phenoxy) is 2. The smallest absolute Gasteiger partial charge is 0.395 e. The summed E-state index contributed by atoms with van der Waals surface area (Å²) in [4.78, 5) is 12.6. The summed E-state index contributed by atoms with van der Waals surface area (Å²) >= 11 is 0. The molecule has 0 spiro atoms. The summed E-state index contributed by atoms with van der Waals surface area (Å²) in [6.45, 7) is 0. The summed E-state index contributed by atoms with van der Waals surface area (Å²) < 4.78 is 35.1. The molecule has 0 saturated heterocycles. The van der Waals surface area contributed by atoms with Gasteiger partial charge in [0.2, 0.25) is 5.91 Å². The Bertz CT molecular complexity index is 794. The topological polar surface area (TPSA) is 59.6 Å². The van der Waals surface area contributed by atoms with Crippen LogP contribution in [0.2, 0.25) is 0 Å². The maximum Gasteiger partial charge on any atom is 0.586 e. The maximum absolute atomic E-state index is 13.1. The number of carbonyl (C=O) groups excluding carboxylic acids is 1. The highest BCUT2D eigenvalue weighted by Crippen LogP contribution is 2.42. The second-order valence-corrected chi connectivity index (χ2v) is 6.10. The third-order valence-electron chi connectivity index (χ3n) is 4.03. The number of hydrogen-bond acceptors (Lipinski definition) is 4. The summed E-state index contributed by atoms with van der Waals surface area (Å²) in [5.41, 5.74) is 1.27. The molecule has 0 aromatic heterocycles. The zero-order valence-electron chi connectivity index (χ0n) is 13.2. The quantitative estimate of drug-likeness (QED) is 0.871. The van der Waals surface area contributed by atoms with Crippen molar-refractivity contribution in [3.63, 3.8) is 0 Å². The fourth-order valence-corrected chi connectivity index (χ4v) is 2.66. The molecule has 5 nitrogen and oxygen atoms in total. The van der Waals surface area contributed by atoms with Gasteiger partial charge in [-0.05, 0) is 30.5 Å². The first-order valence-electron chi connectivity index (χ1n) is 8.02. The predicted octanol–water partition coefficient (Wildman–Crippen LogP) is 3.44. The number of amides is 1. The van der Waals surface area contributed by atoms with Crippen molar-refractivity contribution in [2.75, 3.05) is 5.32 Å². The van der Waals surface area contributed by atoms with Gasteiger partial charge < -0.3 is 20.1 Å². The van der Waals surface area contributed by atoms with Gasteiger partial charge in [0.25, 0.3) is 0 Å². The molecule has 0 bridgehead atoms. The molecule has 1 heterocycles. The molecule has 4 rings (SSSR count). The van der Waals surface area contributed by atoms with E-state index >= 15 is 0 Å². The number of nitrogens with one attached hydrogen (secondary N) is 2. The van der Waals surface area contributed by atoms with Crippen molar-refractivity contribution in [3.05, 3.63) is 54.1 Å². The zero-order valence-corrected chi connectivity index (χ0v) is 13.2. The van der Waals surface area contributed by atoms with Crippen LogP contribution in [0.5, 0.6) is 11.5 Å². The Hall–Kier alpha value is -2.83. The van der Waals surface area contributed by atoms with Crippen LogP contribution in [0.3, 0.4) is 0 Å². The lowest BCUT2D eigenvalue weighted by molar-refractivity contribution is -0.286. The molecular formula is C18H16F2N2O3. The fourth-order valence-electron chi connectivity index (χ4n) is 2.66. The summed E-state index contributed by atoms with van der Waals surface area (Å²) in [7, 11) is 0. The largest absolute Gasteiger partial charge is 0.586 e. The molecule has 2 aliphatic rings. The van der Waals surface area contributed by atoms with Crippen LogP contribution in [-0.4, -0.2) is 18.2 Å². The Balaban J connectivity index is 1.57. The van der Waals surface area contributed by atoms with Gasteiger partial charge in [0.15, 0.2) is 11.5 Å². The SMILES string of the molecule is O=C(NC1CC1)[C@@H](Nc1ccc2c(c1)OC(F)(F)O2)c1ccccc1. The summed E-state index contributed by atoms with van der Waals surface area (Å²) in [6, 6.07) is 13.2. The molecule has 25 heavy (non-hydrogen) atoms. The Morgan fingerprint density at radius 3 is 2.52 bits per heavy atom. The van der Waals surface area contributed by atoms with E-state index in [0.29, 0.717) is 5.69 Å². The van der Waals surface area contributed by atoms with Crippen LogP contribution in [0.15, 0.2) is 48.5 Å². The van der Waals surface area contributed by atoms with E-state index in [4.69, 9.17) is 0 Å². The molecule has 1 aliphatic carbocycles. The molecule has 0 unspecified atom stereocenters. The molecule has 2 aromatic rings. The van der Waals surface area contributed by atoms with Crippen molar-refractivity contribution in [1.82, 2.24) is 5.32 Å². The van der Waals surface area contributed by atoms with Gasteiger partial charge in [0.05, 0.1) is 0 Å². The van der Waals surface area contributed by atoms with E-state index < -0.39 is 12.3 Å². The fraction of sp³-hybridized carbons (Fsp3) is 0.278. The van der Waals surface area contributed by atoms with Gasteiger partial charge >= 0.3 is 6.29 Å². The first-order chi connectivity index (χ1) is 12.0. The summed E-state index contributed by atoms with van der Waals surface area (Å²) in [5.74, 6) is -0.254. The molecule has 1 atom stereocenters. The molecule has 2 N–H and O–H groups in total. The van der Waals surface area contributed by atoms with E-state index in [0.717, 1.165) is 18.4 Å². The highest BCUT2D eigenvalue weighted by molar-refractivity contribution is 5.86. The van der Waals surface area contributed by atoms with Crippen molar-refractivity contribution >= 4 is 11.6 Å². The lowest BCUT2D eigenvalue weighted by Crippen LogP contribution is -2.34. The maximum atomic E-state index is 13.1. The number of fused-ring (bicyclic) bond motifs is 1. The number of hydrogen-bond donors (Lipinski definition) is 2. The van der Waals surface area contributed by atoms with Crippen molar-refractivity contribution in [2.45, 2.75) is 31.2 Å². The van der Waals surface area contributed by atoms with E-state index in [2.05, 4.69) is 20.1 Å². The van der Waals surface area contributed by atoms with Crippen LogP contribution in [-0.2, 0) is 4.79 Å². The van der Waals surface area contributed by atoms with Gasteiger partial charge in [-0.2, -0.15) is 0 Å². The van der Waals surface area contributed by atoms with Crippen molar-refractivity contribution < 1.29 is 23.0 Å². The molecule has 1 amide bonds. The zero-order chi connectivity index (χ0) is 17.4. The number of benzene rings is 2. The number of anilines is 1. The van der Waals surface area contributed by atoms with Crippen LogP contribution in [0.1, 0.15) is 24.4 Å². The molecule has 2 aromatic carbocycles. The molecule has 1 aliphatic heterocycles. The lowest BCUT2D eigenvalue weighted by Gasteiger charge is -2.20. The average Bonchev–Trinajstić information content (AvgIpc) is 3.33. The van der Waals surface area contributed by atoms with Crippen LogP contribution in [0.25, 0.3) is 0 Å². The van der Waals surface area contributed by atoms with Crippen LogP contribution in [0, 0.1) is 0 Å². The van der Waals surface area contributed by atoms with E-state index in [-0.39, 0.29) is 23.4 Å². The molecule has 1 saturated carbocycles. The Labute approximate surface area is 142 Å². The third kappa shape index (κ3) is 3.50. The van der Waals surface area contributed by atoms with E-state index in [1.54, 1.807) is 6.07 Å². The lowest BCUT2D eigenvalue weighted by atomic mass is 10.1. The minimum absolute atomic E-state index is 0.0331. The normalized spacial score (nSPS) is 18.5. The second kappa shape index (κ2) is 5.91. The minimum Gasteiger partial charge on any atom is -0.395 e. The first-order valence-corrected chi connectivity index (χ1v) is 8.02. The highest BCUT2D eigenvalue weighted by Gasteiger charge is 2.43. The summed E-state index contributed by atoms with van der Waals surface area (Å²) in [6.07, 6.45) is -1.71. The number of alkyl halides is 2. The Morgan fingerprint density at radius 1 is 1.08 bits per heavy atom. The standard InChI is InChI=1S/C18H16F2N2O3/c19-18(20)24-14-9-8-13(10-15(14)25-18)21-16(11-4-2-1-3-5-11)17(23)22-12-6-7-12/h1-5,8-10,12,16,21H,6-7H2,(H,22,23)/t16-/m0/s1. The average molecular weight is 346 g/mol. The van der Waals surface area contributed by atoms with E-state index in [1.165, 1.54) is 12.1 Å². The monoisotopic (exact) mass is 346 g/mol. The van der Waals surface area contributed by atoms with Crippen molar-refractivity contribution in [3.8, 4) is 11.5 Å². The number of halogens is 2. The van der Waals surface area contributed by atoms with Crippen molar-refractivity contribution in [2.24, 2.45) is 0 Å². The van der Waals surface area contributed by atoms with Crippen LogP contribution in [0.4, 0.5) is 14.5 Å². The molecule has 130 valence electrons. The Kier molecular flexibility index (Phi) is 3.71. The van der Waals surface area contributed by atoms with Gasteiger partial charge in [-0.25, -0.2) is 0 Å². The number of carbonyl (C=O) groups is 1. The third-order valence-corrected chi connectivity index (χ3v) is 4.03. The van der Waals surface area contributed by atoms with Crippen LogP contribution >= 0.6 is 0 Å². The van der Waals surface area contributed by atoms with Crippen molar-refractivity contribution in [1.29, 1.82) is 0 Å². The van der Waals surface area contributed by atoms with E-state index in [9.17, 15) is 13.6 Å². The van der Waals surface area contributed by atoms with Crippen LogP contribution < -0.4 is 20.1 Å². The second-order valence-electron chi connectivity index (χ2n) is 6.10. The molecule has 7 heteroatoms. The van der Waals surface area contributed by atoms with Gasteiger partial charge in [-0.3, -0.25) is 4.79 Å². The summed E-state index contributed by atoms with van der Waals surface area (Å²) in [5, 5.41) is 6.05. The predicted molar refractivity (Wildman–Crippen MR) is 86.6 cm³/mol. The Morgan fingerprint density at radius 2 is 1.80 bits per heavy atom. The van der Waals surface area contributed by atoms with Gasteiger partial charge in [-0.1, -0.05) is 30.3 Å². The molecule has 1 fully saturated rings. The molecule has 0 radical (unpaired) electrons. The van der Waals surface area contributed by atoms with Gasteiger partial charge in [-0.15, -0.1) is 8.78 Å². The van der Waals surface area contributed by atoms with Gasteiger partial charge in [0.1, 0.15) is 6.04 Å². The first kappa shape index (κ1) is 15.7. The van der Waals surface area contributed by atoms with Gasteiger partial charge in [0, 0.05) is 17.8 Å². The van der Waals surface area contributed by atoms with E-state index in [1.807, 2.05) is 30.3 Å². The minimum atomic E-state index is -3.66. The number of rotatable bonds is 5.